The van der Waals surface area contributed by atoms with Gasteiger partial charge >= 0.3 is 5.97 Å². The third-order valence-corrected chi connectivity index (χ3v) is 6.25. The first-order valence-corrected chi connectivity index (χ1v) is 10.8. The highest BCUT2D eigenvalue weighted by Gasteiger charge is 2.49. The Morgan fingerprint density at radius 1 is 1.20 bits per heavy atom. The van der Waals surface area contributed by atoms with E-state index in [1.807, 2.05) is 24.3 Å². The SMILES string of the molecule is CC(=O)Oc1cc2c(cc1Cl)[C@]1(C[C@H](c3ccccc3Cl)O2)CC(C)(C)NC(=S)N1. The van der Waals surface area contributed by atoms with Gasteiger partial charge in [-0.25, -0.2) is 0 Å². The van der Waals surface area contributed by atoms with Crippen molar-refractivity contribution in [2.24, 2.45) is 0 Å². The van der Waals surface area contributed by atoms with Gasteiger partial charge in [-0.1, -0.05) is 41.4 Å². The summed E-state index contributed by atoms with van der Waals surface area (Å²) in [7, 11) is 0. The maximum atomic E-state index is 11.5. The fraction of sp³-hybridized carbons (Fsp3) is 0.364. The molecule has 1 spiro atoms. The monoisotopic (exact) mass is 464 g/mol. The van der Waals surface area contributed by atoms with Crippen LogP contribution in [0.5, 0.6) is 11.5 Å². The number of carbonyl (C=O) groups excluding carboxylic acids is 1. The second kappa shape index (κ2) is 7.59. The van der Waals surface area contributed by atoms with Gasteiger partial charge in [-0.3, -0.25) is 4.79 Å². The van der Waals surface area contributed by atoms with Crippen molar-refractivity contribution in [3.8, 4) is 11.5 Å². The number of nitrogens with one attached hydrogen (secondary N) is 2. The number of benzene rings is 2. The Labute approximate surface area is 191 Å². The summed E-state index contributed by atoms with van der Waals surface area (Å²) in [5, 5.41) is 8.35. The zero-order valence-electron chi connectivity index (χ0n) is 16.8. The van der Waals surface area contributed by atoms with Crippen molar-refractivity contribution in [3.05, 3.63) is 57.6 Å². The Bertz CT molecular complexity index is 1040. The topological polar surface area (TPSA) is 59.6 Å². The molecule has 0 radical (unpaired) electrons. The van der Waals surface area contributed by atoms with Gasteiger partial charge in [-0.15, -0.1) is 0 Å². The number of rotatable bonds is 2. The summed E-state index contributed by atoms with van der Waals surface area (Å²) < 4.78 is 11.6. The highest BCUT2D eigenvalue weighted by atomic mass is 35.5. The predicted octanol–water partition coefficient (Wildman–Crippen LogP) is 5.28. The van der Waals surface area contributed by atoms with Gasteiger partial charge in [0.15, 0.2) is 10.9 Å². The third kappa shape index (κ3) is 3.96. The Morgan fingerprint density at radius 2 is 1.93 bits per heavy atom. The molecule has 1 fully saturated rings. The van der Waals surface area contributed by atoms with Crippen LogP contribution >= 0.6 is 35.4 Å². The average Bonchev–Trinajstić information content (AvgIpc) is 2.61. The van der Waals surface area contributed by atoms with Crippen molar-refractivity contribution < 1.29 is 14.3 Å². The molecule has 0 unspecified atom stereocenters. The van der Waals surface area contributed by atoms with E-state index in [4.69, 9.17) is 44.9 Å². The number of hydrogen-bond acceptors (Lipinski definition) is 4. The van der Waals surface area contributed by atoms with Crippen molar-refractivity contribution >= 4 is 46.5 Å². The highest BCUT2D eigenvalue weighted by Crippen LogP contribution is 2.52. The number of ether oxygens (including phenoxy) is 2. The van der Waals surface area contributed by atoms with E-state index in [-0.39, 0.29) is 17.4 Å². The number of halogens is 2. The molecule has 0 saturated carbocycles. The van der Waals surface area contributed by atoms with E-state index in [1.165, 1.54) is 6.92 Å². The lowest BCUT2D eigenvalue weighted by Gasteiger charge is -2.51. The molecule has 30 heavy (non-hydrogen) atoms. The molecule has 2 aliphatic rings. The summed E-state index contributed by atoms with van der Waals surface area (Å²) in [6, 6.07) is 11.1. The molecule has 0 aliphatic carbocycles. The highest BCUT2D eigenvalue weighted by molar-refractivity contribution is 7.80. The zero-order chi connectivity index (χ0) is 21.7. The fourth-order valence-electron chi connectivity index (χ4n) is 4.45. The van der Waals surface area contributed by atoms with E-state index in [2.05, 4.69) is 24.5 Å². The minimum absolute atomic E-state index is 0.247. The van der Waals surface area contributed by atoms with Crippen LogP contribution in [0.25, 0.3) is 0 Å². The number of fused-ring (bicyclic) bond motifs is 2. The standard InChI is InChI=1S/C22H22Cl2N2O3S/c1-12(27)28-18-9-17-14(8-16(18)24)22(11-21(2,3)25-20(30)26-22)10-19(29-17)13-6-4-5-7-15(13)23/h4-9,19H,10-11H2,1-3H3,(H2,25,26,30)/t19-,22+/m1/s1. The second-order valence-electron chi connectivity index (χ2n) is 8.43. The van der Waals surface area contributed by atoms with Crippen LogP contribution in [0.2, 0.25) is 10.0 Å². The van der Waals surface area contributed by atoms with Crippen molar-refractivity contribution in [2.75, 3.05) is 0 Å². The molecule has 2 aromatic rings. The molecule has 158 valence electrons. The van der Waals surface area contributed by atoms with Gasteiger partial charge in [0.2, 0.25) is 0 Å². The van der Waals surface area contributed by atoms with Gasteiger partial charge in [-0.05, 0) is 44.6 Å². The first-order chi connectivity index (χ1) is 14.1. The van der Waals surface area contributed by atoms with Crippen LogP contribution in [0, 0.1) is 0 Å². The van der Waals surface area contributed by atoms with E-state index in [0.717, 1.165) is 17.5 Å². The van der Waals surface area contributed by atoms with Crippen molar-refractivity contribution in [1.29, 1.82) is 0 Å². The van der Waals surface area contributed by atoms with Crippen molar-refractivity contribution in [1.82, 2.24) is 10.6 Å². The third-order valence-electron chi connectivity index (χ3n) is 5.41. The van der Waals surface area contributed by atoms with Crippen LogP contribution in [-0.4, -0.2) is 16.6 Å². The molecule has 2 aromatic carbocycles. The lowest BCUT2D eigenvalue weighted by molar-refractivity contribution is -0.131. The van der Waals surface area contributed by atoms with E-state index in [1.54, 1.807) is 12.1 Å². The first kappa shape index (κ1) is 21.2. The summed E-state index contributed by atoms with van der Waals surface area (Å²) in [5.74, 6) is 0.390. The maximum Gasteiger partial charge on any atom is 0.308 e. The van der Waals surface area contributed by atoms with E-state index in [9.17, 15) is 4.79 Å². The molecule has 2 N–H and O–H groups in total. The lowest BCUT2D eigenvalue weighted by atomic mass is 9.72. The Morgan fingerprint density at radius 3 is 2.60 bits per heavy atom. The summed E-state index contributed by atoms with van der Waals surface area (Å²) in [4.78, 5) is 11.5. The molecule has 0 amide bonds. The van der Waals surface area contributed by atoms with Crippen molar-refractivity contribution in [2.45, 2.75) is 50.8 Å². The molecular formula is C22H22Cl2N2O3S. The smallest absolute Gasteiger partial charge is 0.308 e. The number of thiocarbonyl (C=S) groups is 1. The van der Waals surface area contributed by atoms with E-state index >= 15 is 0 Å². The van der Waals surface area contributed by atoms with E-state index in [0.29, 0.717) is 27.3 Å². The average molecular weight is 465 g/mol. The summed E-state index contributed by atoms with van der Waals surface area (Å²) in [6.07, 6.45) is 1.03. The van der Waals surface area contributed by atoms with Gasteiger partial charge in [-0.2, -0.15) is 0 Å². The predicted molar refractivity (Wildman–Crippen MR) is 121 cm³/mol. The lowest BCUT2D eigenvalue weighted by Crippen LogP contribution is -2.65. The van der Waals surface area contributed by atoms with Crippen LogP contribution < -0.4 is 20.1 Å². The number of carbonyl (C=O) groups is 1. The Balaban J connectivity index is 1.88. The van der Waals surface area contributed by atoms with Gasteiger partial charge < -0.3 is 20.1 Å². The minimum Gasteiger partial charge on any atom is -0.485 e. The van der Waals surface area contributed by atoms with Crippen molar-refractivity contribution in [3.63, 3.8) is 0 Å². The molecular weight excluding hydrogens is 443 g/mol. The van der Waals surface area contributed by atoms with Crippen LogP contribution in [0.15, 0.2) is 36.4 Å². The Kier molecular flexibility index (Phi) is 5.37. The van der Waals surface area contributed by atoms with Gasteiger partial charge in [0.25, 0.3) is 0 Å². The Hall–Kier alpha value is -2.02. The molecule has 2 heterocycles. The zero-order valence-corrected chi connectivity index (χ0v) is 19.2. The number of hydrogen-bond donors (Lipinski definition) is 2. The molecule has 2 atom stereocenters. The maximum absolute atomic E-state index is 11.5. The molecule has 4 rings (SSSR count). The first-order valence-electron chi connectivity index (χ1n) is 9.62. The van der Waals surface area contributed by atoms with Crippen LogP contribution in [0.1, 0.15) is 50.8 Å². The molecule has 1 saturated heterocycles. The van der Waals surface area contributed by atoms with Gasteiger partial charge in [0.05, 0.1) is 10.6 Å². The van der Waals surface area contributed by atoms with Gasteiger partial charge in [0.1, 0.15) is 11.9 Å². The normalized spacial score (nSPS) is 24.3. The largest absolute Gasteiger partial charge is 0.485 e. The fourth-order valence-corrected chi connectivity index (χ4v) is 5.39. The molecule has 2 aliphatic heterocycles. The second-order valence-corrected chi connectivity index (χ2v) is 9.65. The molecule has 0 aromatic heterocycles. The quantitative estimate of drug-likeness (QED) is 0.357. The summed E-state index contributed by atoms with van der Waals surface area (Å²) in [5.41, 5.74) is 0.992. The molecule has 5 nitrogen and oxygen atoms in total. The summed E-state index contributed by atoms with van der Waals surface area (Å²) in [6.45, 7) is 5.55. The van der Waals surface area contributed by atoms with Crippen LogP contribution in [-0.2, 0) is 10.3 Å². The minimum atomic E-state index is -0.526. The molecule has 8 heteroatoms. The van der Waals surface area contributed by atoms with Gasteiger partial charge in [0, 0.05) is 41.1 Å². The summed E-state index contributed by atoms with van der Waals surface area (Å²) >= 11 is 18.5. The van der Waals surface area contributed by atoms with E-state index < -0.39 is 11.5 Å². The number of esters is 1. The molecule has 0 bridgehead atoms. The van der Waals surface area contributed by atoms with Crippen LogP contribution in [0.4, 0.5) is 0 Å². The van der Waals surface area contributed by atoms with Crippen LogP contribution in [0.3, 0.4) is 0 Å².